The van der Waals surface area contributed by atoms with Gasteiger partial charge in [0.2, 0.25) is 0 Å². The van der Waals surface area contributed by atoms with Crippen molar-refractivity contribution in [3.05, 3.63) is 63.9 Å². The van der Waals surface area contributed by atoms with Crippen LogP contribution in [0.2, 0.25) is 0 Å². The van der Waals surface area contributed by atoms with E-state index < -0.39 is 0 Å². The molecule has 19 heavy (non-hydrogen) atoms. The molecule has 0 saturated heterocycles. The Hall–Kier alpha value is -2.38. The van der Waals surface area contributed by atoms with Gasteiger partial charge in [-0.1, -0.05) is 30.3 Å². The number of hydrogen-bond donors (Lipinski definition) is 1. The minimum absolute atomic E-state index is 0.120. The molecule has 1 N–H and O–H groups in total. The molecule has 0 aliphatic heterocycles. The third-order valence-corrected chi connectivity index (χ3v) is 3.22. The molecule has 0 bridgehead atoms. The Balaban J connectivity index is 2.01. The highest BCUT2D eigenvalue weighted by molar-refractivity contribution is 7.08. The van der Waals surface area contributed by atoms with Gasteiger partial charge in [0, 0.05) is 6.54 Å². The van der Waals surface area contributed by atoms with Crippen molar-refractivity contribution in [2.75, 3.05) is 0 Å². The van der Waals surface area contributed by atoms with Crippen molar-refractivity contribution in [2.45, 2.75) is 6.54 Å². The van der Waals surface area contributed by atoms with Gasteiger partial charge in [-0.15, -0.1) is 0 Å². The molecule has 2 aromatic rings. The molecule has 0 fully saturated rings. The lowest BCUT2D eigenvalue weighted by Crippen LogP contribution is -2.23. The van der Waals surface area contributed by atoms with E-state index >= 15 is 0 Å². The molecule has 2 rings (SSSR count). The summed E-state index contributed by atoms with van der Waals surface area (Å²) in [5.74, 6) is -0.349. The van der Waals surface area contributed by atoms with Gasteiger partial charge in [-0.3, -0.25) is 4.79 Å². The average molecular weight is 268 g/mol. The van der Waals surface area contributed by atoms with Crippen LogP contribution in [0.3, 0.4) is 0 Å². The molecule has 0 spiro atoms. The number of carbonyl (C=O) groups is 1. The SMILES string of the molecule is N#C/C(=C\c1ccsc1)C(=O)NCc1ccccc1. The first-order valence-electron chi connectivity index (χ1n) is 5.75. The quantitative estimate of drug-likeness (QED) is 0.684. The number of nitriles is 1. The van der Waals surface area contributed by atoms with E-state index in [0.717, 1.165) is 11.1 Å². The molecule has 0 radical (unpaired) electrons. The van der Waals surface area contributed by atoms with Gasteiger partial charge in [0.25, 0.3) is 5.91 Å². The van der Waals surface area contributed by atoms with E-state index in [1.54, 1.807) is 6.08 Å². The predicted octanol–water partition coefficient (Wildman–Crippen LogP) is 2.97. The van der Waals surface area contributed by atoms with Crippen LogP contribution in [-0.4, -0.2) is 5.91 Å². The van der Waals surface area contributed by atoms with Gasteiger partial charge < -0.3 is 5.32 Å². The Morgan fingerprint density at radius 2 is 2.11 bits per heavy atom. The largest absolute Gasteiger partial charge is 0.347 e. The Labute approximate surface area is 115 Å². The van der Waals surface area contributed by atoms with Crippen LogP contribution < -0.4 is 5.32 Å². The van der Waals surface area contributed by atoms with E-state index in [1.807, 2.05) is 53.2 Å². The number of nitrogens with one attached hydrogen (secondary N) is 1. The molecule has 94 valence electrons. The predicted molar refractivity (Wildman–Crippen MR) is 76.2 cm³/mol. The second kappa shape index (κ2) is 6.53. The summed E-state index contributed by atoms with van der Waals surface area (Å²) in [4.78, 5) is 11.9. The average Bonchev–Trinajstić information content (AvgIpc) is 2.96. The maximum absolute atomic E-state index is 11.9. The molecule has 0 saturated carbocycles. The molecule has 1 amide bonds. The van der Waals surface area contributed by atoms with Crippen molar-refractivity contribution in [2.24, 2.45) is 0 Å². The number of benzene rings is 1. The lowest BCUT2D eigenvalue weighted by atomic mass is 10.2. The van der Waals surface area contributed by atoms with E-state index in [9.17, 15) is 4.79 Å². The van der Waals surface area contributed by atoms with Crippen molar-refractivity contribution < 1.29 is 4.79 Å². The zero-order chi connectivity index (χ0) is 13.5. The highest BCUT2D eigenvalue weighted by atomic mass is 32.1. The van der Waals surface area contributed by atoms with Gasteiger partial charge in [0.15, 0.2) is 0 Å². The fourth-order valence-corrected chi connectivity index (χ4v) is 2.16. The summed E-state index contributed by atoms with van der Waals surface area (Å²) in [6, 6.07) is 13.4. The summed E-state index contributed by atoms with van der Waals surface area (Å²) in [5, 5.41) is 15.5. The minimum atomic E-state index is -0.349. The van der Waals surface area contributed by atoms with E-state index in [1.165, 1.54) is 11.3 Å². The molecule has 0 unspecified atom stereocenters. The van der Waals surface area contributed by atoms with E-state index in [2.05, 4.69) is 5.32 Å². The number of thiophene rings is 1. The summed E-state index contributed by atoms with van der Waals surface area (Å²) in [7, 11) is 0. The zero-order valence-corrected chi connectivity index (χ0v) is 11.0. The van der Waals surface area contributed by atoms with E-state index in [0.29, 0.717) is 6.54 Å². The maximum Gasteiger partial charge on any atom is 0.262 e. The first-order chi connectivity index (χ1) is 9.29. The summed E-state index contributed by atoms with van der Waals surface area (Å²) in [6.07, 6.45) is 1.59. The van der Waals surface area contributed by atoms with Crippen LogP contribution in [0.25, 0.3) is 6.08 Å². The highest BCUT2D eigenvalue weighted by Gasteiger charge is 2.08. The Morgan fingerprint density at radius 1 is 1.32 bits per heavy atom. The number of rotatable bonds is 4. The van der Waals surface area contributed by atoms with Crippen LogP contribution >= 0.6 is 11.3 Å². The summed E-state index contributed by atoms with van der Waals surface area (Å²) >= 11 is 1.53. The molecular formula is C15H12N2OS. The van der Waals surface area contributed by atoms with Crippen LogP contribution in [0.5, 0.6) is 0 Å². The number of nitrogens with zero attached hydrogens (tertiary/aromatic N) is 1. The fraction of sp³-hybridized carbons (Fsp3) is 0.0667. The summed E-state index contributed by atoms with van der Waals surface area (Å²) < 4.78 is 0. The third-order valence-electron chi connectivity index (χ3n) is 2.52. The van der Waals surface area contributed by atoms with Crippen molar-refractivity contribution in [1.82, 2.24) is 5.32 Å². The Morgan fingerprint density at radius 3 is 2.74 bits per heavy atom. The summed E-state index contributed by atoms with van der Waals surface area (Å²) in [6.45, 7) is 0.419. The van der Waals surface area contributed by atoms with Crippen LogP contribution in [0.4, 0.5) is 0 Å². The first kappa shape index (κ1) is 13.1. The van der Waals surface area contributed by atoms with Crippen LogP contribution in [-0.2, 0) is 11.3 Å². The molecule has 0 aliphatic carbocycles. The standard InChI is InChI=1S/C15H12N2OS/c16-9-14(8-13-6-7-19-11-13)15(18)17-10-12-4-2-1-3-5-12/h1-8,11H,10H2,(H,17,18)/b14-8+. The van der Waals surface area contributed by atoms with E-state index in [4.69, 9.17) is 5.26 Å². The molecule has 4 heteroatoms. The zero-order valence-electron chi connectivity index (χ0n) is 10.2. The molecule has 3 nitrogen and oxygen atoms in total. The van der Waals surface area contributed by atoms with Gasteiger partial charge in [-0.05, 0) is 34.0 Å². The number of hydrogen-bond acceptors (Lipinski definition) is 3. The lowest BCUT2D eigenvalue weighted by molar-refractivity contribution is -0.117. The maximum atomic E-state index is 11.9. The second-order valence-electron chi connectivity index (χ2n) is 3.89. The first-order valence-corrected chi connectivity index (χ1v) is 6.70. The fourth-order valence-electron chi connectivity index (χ4n) is 1.55. The van der Waals surface area contributed by atoms with Crippen molar-refractivity contribution in [3.63, 3.8) is 0 Å². The molecule has 1 aromatic carbocycles. The molecule has 0 aliphatic rings. The van der Waals surface area contributed by atoms with Gasteiger partial charge in [0.05, 0.1) is 0 Å². The van der Waals surface area contributed by atoms with Crippen LogP contribution in [0.15, 0.2) is 52.7 Å². The van der Waals surface area contributed by atoms with Crippen molar-refractivity contribution in [1.29, 1.82) is 5.26 Å². The molecule has 1 heterocycles. The second-order valence-corrected chi connectivity index (χ2v) is 4.67. The Kier molecular flexibility index (Phi) is 4.49. The molecule has 0 atom stereocenters. The monoisotopic (exact) mass is 268 g/mol. The van der Waals surface area contributed by atoms with Gasteiger partial charge in [0.1, 0.15) is 11.6 Å². The van der Waals surface area contributed by atoms with Crippen LogP contribution in [0, 0.1) is 11.3 Å². The number of carbonyl (C=O) groups excluding carboxylic acids is 1. The minimum Gasteiger partial charge on any atom is -0.347 e. The van der Waals surface area contributed by atoms with Gasteiger partial charge >= 0.3 is 0 Å². The molecular weight excluding hydrogens is 256 g/mol. The smallest absolute Gasteiger partial charge is 0.262 e. The topological polar surface area (TPSA) is 52.9 Å². The van der Waals surface area contributed by atoms with Crippen LogP contribution in [0.1, 0.15) is 11.1 Å². The molecule has 1 aromatic heterocycles. The summed E-state index contributed by atoms with van der Waals surface area (Å²) in [5.41, 5.74) is 1.99. The normalized spacial score (nSPS) is 10.8. The third kappa shape index (κ3) is 3.80. The van der Waals surface area contributed by atoms with Crippen molar-refractivity contribution in [3.8, 4) is 6.07 Å². The van der Waals surface area contributed by atoms with Crippen molar-refractivity contribution >= 4 is 23.3 Å². The number of amides is 1. The lowest BCUT2D eigenvalue weighted by Gasteiger charge is -2.03. The highest BCUT2D eigenvalue weighted by Crippen LogP contribution is 2.11. The van der Waals surface area contributed by atoms with E-state index in [-0.39, 0.29) is 11.5 Å². The Bertz CT molecular complexity index is 609. The van der Waals surface area contributed by atoms with Gasteiger partial charge in [-0.2, -0.15) is 16.6 Å². The van der Waals surface area contributed by atoms with Gasteiger partial charge in [-0.25, -0.2) is 0 Å².